The third-order valence-electron chi connectivity index (χ3n) is 2.47. The number of aliphatic hydroxyl groups is 1. The van der Waals surface area contributed by atoms with E-state index in [1.54, 1.807) is 46.9 Å². The molecule has 1 rings (SSSR count). The van der Waals surface area contributed by atoms with Crippen LogP contribution >= 0.6 is 0 Å². The Labute approximate surface area is 119 Å². The van der Waals surface area contributed by atoms with E-state index in [4.69, 9.17) is 9.47 Å². The van der Waals surface area contributed by atoms with Crippen LogP contribution in [0.2, 0.25) is 0 Å². The molecular formula is C15H23NO4. The summed E-state index contributed by atoms with van der Waals surface area (Å²) in [5.74, 6) is 0.630. The van der Waals surface area contributed by atoms with Crippen molar-refractivity contribution in [2.75, 3.05) is 12.4 Å². The zero-order valence-electron chi connectivity index (χ0n) is 12.7. The van der Waals surface area contributed by atoms with Crippen LogP contribution in [0.15, 0.2) is 18.2 Å². The number of anilines is 1. The smallest absolute Gasteiger partial charge is 0.412 e. The second-order valence-electron chi connectivity index (χ2n) is 5.70. The first-order valence-electron chi connectivity index (χ1n) is 6.56. The first-order valence-corrected chi connectivity index (χ1v) is 6.56. The lowest BCUT2D eigenvalue weighted by Gasteiger charge is -2.21. The maximum absolute atomic E-state index is 11.8. The Balaban J connectivity index is 2.92. The van der Waals surface area contributed by atoms with E-state index in [0.29, 0.717) is 17.9 Å². The molecule has 1 atom stereocenters. The summed E-state index contributed by atoms with van der Waals surface area (Å²) in [7, 11) is 1.56. The van der Waals surface area contributed by atoms with Crippen LogP contribution in [-0.2, 0) is 11.2 Å². The molecule has 20 heavy (non-hydrogen) atoms. The van der Waals surface area contributed by atoms with Crippen LogP contribution in [0, 0.1) is 0 Å². The molecule has 0 heterocycles. The molecule has 0 aromatic heterocycles. The summed E-state index contributed by atoms with van der Waals surface area (Å²) in [5, 5.41) is 12.2. The number of nitrogens with one attached hydrogen (secondary N) is 1. The maximum atomic E-state index is 11.8. The largest absolute Gasteiger partial charge is 0.497 e. The number of hydrogen-bond donors (Lipinski definition) is 2. The molecule has 1 amide bonds. The number of hydrogen-bond acceptors (Lipinski definition) is 4. The van der Waals surface area contributed by atoms with E-state index >= 15 is 0 Å². The molecule has 0 aliphatic carbocycles. The van der Waals surface area contributed by atoms with Gasteiger partial charge in [0.2, 0.25) is 0 Å². The number of carbonyl (C=O) groups is 1. The van der Waals surface area contributed by atoms with Crippen LogP contribution in [0.3, 0.4) is 0 Å². The summed E-state index contributed by atoms with van der Waals surface area (Å²) in [6.07, 6.45) is -0.588. The van der Waals surface area contributed by atoms with E-state index in [-0.39, 0.29) is 0 Å². The SMILES string of the molecule is COc1ccc(C[C@@H](C)O)c(NC(=O)OC(C)(C)C)c1. The number of ether oxygens (including phenoxy) is 2. The minimum absolute atomic E-state index is 0.440. The topological polar surface area (TPSA) is 67.8 Å². The number of amides is 1. The van der Waals surface area contributed by atoms with Gasteiger partial charge in [0, 0.05) is 12.5 Å². The Morgan fingerprint density at radius 1 is 1.40 bits per heavy atom. The van der Waals surface area contributed by atoms with Gasteiger partial charge in [0.1, 0.15) is 11.4 Å². The van der Waals surface area contributed by atoms with Crippen LogP contribution in [0.4, 0.5) is 10.5 Å². The highest BCUT2D eigenvalue weighted by atomic mass is 16.6. The van der Waals surface area contributed by atoms with Gasteiger partial charge in [-0.15, -0.1) is 0 Å². The molecule has 5 nitrogen and oxygen atoms in total. The Kier molecular flexibility index (Phi) is 5.39. The van der Waals surface area contributed by atoms with Crippen LogP contribution in [0.25, 0.3) is 0 Å². The van der Waals surface area contributed by atoms with Crippen LogP contribution in [0.5, 0.6) is 5.75 Å². The third-order valence-corrected chi connectivity index (χ3v) is 2.47. The average molecular weight is 281 g/mol. The number of rotatable bonds is 4. The standard InChI is InChI=1S/C15H23NO4/c1-10(17)8-11-6-7-12(19-5)9-13(11)16-14(18)20-15(2,3)4/h6-7,9-10,17H,8H2,1-5H3,(H,16,18)/t10-/m1/s1. The van der Waals surface area contributed by atoms with Gasteiger partial charge >= 0.3 is 6.09 Å². The minimum Gasteiger partial charge on any atom is -0.497 e. The van der Waals surface area contributed by atoms with Crippen molar-refractivity contribution < 1.29 is 19.4 Å². The zero-order chi connectivity index (χ0) is 15.3. The summed E-state index contributed by atoms with van der Waals surface area (Å²) in [5.41, 5.74) is 0.846. The van der Waals surface area contributed by atoms with E-state index < -0.39 is 17.8 Å². The second-order valence-corrected chi connectivity index (χ2v) is 5.70. The molecule has 0 saturated heterocycles. The minimum atomic E-state index is -0.562. The van der Waals surface area contributed by atoms with Gasteiger partial charge in [-0.25, -0.2) is 4.79 Å². The Morgan fingerprint density at radius 3 is 2.55 bits per heavy atom. The van der Waals surface area contributed by atoms with Gasteiger partial charge in [-0.3, -0.25) is 5.32 Å². The predicted molar refractivity (Wildman–Crippen MR) is 78.2 cm³/mol. The fraction of sp³-hybridized carbons (Fsp3) is 0.533. The van der Waals surface area contributed by atoms with Crippen molar-refractivity contribution in [1.29, 1.82) is 0 Å². The Bertz CT molecular complexity index is 463. The average Bonchev–Trinajstić information content (AvgIpc) is 2.28. The van der Waals surface area contributed by atoms with E-state index in [2.05, 4.69) is 5.32 Å². The van der Waals surface area contributed by atoms with E-state index in [9.17, 15) is 9.90 Å². The lowest BCUT2D eigenvalue weighted by atomic mass is 10.1. The van der Waals surface area contributed by atoms with Gasteiger partial charge in [-0.05, 0) is 39.3 Å². The van der Waals surface area contributed by atoms with Gasteiger partial charge in [-0.2, -0.15) is 0 Å². The summed E-state index contributed by atoms with van der Waals surface area (Å²) in [6.45, 7) is 7.10. The van der Waals surface area contributed by atoms with E-state index in [0.717, 1.165) is 5.56 Å². The normalized spacial score (nSPS) is 12.7. The molecule has 1 aromatic rings. The Morgan fingerprint density at radius 2 is 2.05 bits per heavy atom. The molecule has 1 aromatic carbocycles. The van der Waals surface area contributed by atoms with Crippen molar-refractivity contribution in [2.24, 2.45) is 0 Å². The molecule has 2 N–H and O–H groups in total. The first-order chi connectivity index (χ1) is 9.21. The molecule has 5 heteroatoms. The Hall–Kier alpha value is -1.75. The van der Waals surface area contributed by atoms with Gasteiger partial charge in [0.15, 0.2) is 0 Å². The second kappa shape index (κ2) is 6.61. The highest BCUT2D eigenvalue weighted by molar-refractivity contribution is 5.86. The van der Waals surface area contributed by atoms with Crippen molar-refractivity contribution in [2.45, 2.75) is 45.8 Å². The quantitative estimate of drug-likeness (QED) is 0.890. The molecular weight excluding hydrogens is 258 g/mol. The van der Waals surface area contributed by atoms with Gasteiger partial charge in [0.25, 0.3) is 0 Å². The molecule has 0 bridgehead atoms. The number of benzene rings is 1. The van der Waals surface area contributed by atoms with Crippen molar-refractivity contribution in [3.63, 3.8) is 0 Å². The lowest BCUT2D eigenvalue weighted by molar-refractivity contribution is 0.0635. The van der Waals surface area contributed by atoms with E-state index in [1.165, 1.54) is 0 Å². The molecule has 0 aliphatic heterocycles. The number of carbonyl (C=O) groups excluding carboxylic acids is 1. The molecule has 0 fully saturated rings. The molecule has 0 unspecified atom stereocenters. The summed E-state index contributed by atoms with van der Waals surface area (Å²) >= 11 is 0. The number of aliphatic hydroxyl groups excluding tert-OH is 1. The van der Waals surface area contributed by atoms with Crippen LogP contribution in [0.1, 0.15) is 33.3 Å². The zero-order valence-corrected chi connectivity index (χ0v) is 12.7. The number of methoxy groups -OCH3 is 1. The van der Waals surface area contributed by atoms with Crippen molar-refractivity contribution >= 4 is 11.8 Å². The fourth-order valence-corrected chi connectivity index (χ4v) is 1.71. The predicted octanol–water partition coefficient (Wildman–Crippen LogP) is 2.97. The first kappa shape index (κ1) is 16.3. The molecule has 0 radical (unpaired) electrons. The lowest BCUT2D eigenvalue weighted by Crippen LogP contribution is -2.27. The van der Waals surface area contributed by atoms with Gasteiger partial charge < -0.3 is 14.6 Å². The highest BCUT2D eigenvalue weighted by Gasteiger charge is 2.18. The van der Waals surface area contributed by atoms with Crippen molar-refractivity contribution in [3.05, 3.63) is 23.8 Å². The summed E-state index contributed by atoms with van der Waals surface area (Å²) in [6, 6.07) is 5.32. The van der Waals surface area contributed by atoms with Crippen molar-refractivity contribution in [1.82, 2.24) is 0 Å². The van der Waals surface area contributed by atoms with Crippen molar-refractivity contribution in [3.8, 4) is 5.75 Å². The van der Waals surface area contributed by atoms with Gasteiger partial charge in [-0.1, -0.05) is 6.07 Å². The molecule has 112 valence electrons. The molecule has 0 aliphatic rings. The molecule has 0 saturated carbocycles. The maximum Gasteiger partial charge on any atom is 0.412 e. The monoisotopic (exact) mass is 281 g/mol. The van der Waals surface area contributed by atoms with Gasteiger partial charge in [0.05, 0.1) is 18.9 Å². The summed E-state index contributed by atoms with van der Waals surface area (Å²) < 4.78 is 10.4. The third kappa shape index (κ3) is 5.48. The molecule has 0 spiro atoms. The fourth-order valence-electron chi connectivity index (χ4n) is 1.71. The van der Waals surface area contributed by atoms with Crippen LogP contribution < -0.4 is 10.1 Å². The van der Waals surface area contributed by atoms with Crippen LogP contribution in [-0.4, -0.2) is 30.0 Å². The van der Waals surface area contributed by atoms with E-state index in [1.807, 2.05) is 6.07 Å². The summed E-state index contributed by atoms with van der Waals surface area (Å²) in [4.78, 5) is 11.8. The highest BCUT2D eigenvalue weighted by Crippen LogP contribution is 2.24.